The number of rotatable bonds is 4. The lowest BCUT2D eigenvalue weighted by Crippen LogP contribution is -1.87. The van der Waals surface area contributed by atoms with E-state index in [1.54, 1.807) is 0 Å². The molecule has 0 unspecified atom stereocenters. The Kier molecular flexibility index (Phi) is 5.21. The maximum Gasteiger partial charge on any atom is 0.240 e. The minimum atomic E-state index is -1.44. The van der Waals surface area contributed by atoms with Gasteiger partial charge in [-0.2, -0.15) is 22.2 Å². The number of benzene rings is 1. The molecule has 0 bridgehead atoms. The largest absolute Gasteiger partial charge is 0.240 e. The zero-order chi connectivity index (χ0) is 9.52. The van der Waals surface area contributed by atoms with Gasteiger partial charge in [0.15, 0.2) is 0 Å². The van der Waals surface area contributed by atoms with Gasteiger partial charge in [-0.15, -0.1) is 0 Å². The maximum atomic E-state index is 5.71. The summed E-state index contributed by atoms with van der Waals surface area (Å²) in [5.41, 5.74) is 1.32. The van der Waals surface area contributed by atoms with Crippen LogP contribution >= 0.6 is 22.2 Å². The molecule has 0 atom stereocenters. The molecule has 13 heavy (non-hydrogen) atoms. The summed E-state index contributed by atoms with van der Waals surface area (Å²) in [6.07, 6.45) is 5.17. The fourth-order valence-electron chi connectivity index (χ4n) is 1.03. The van der Waals surface area contributed by atoms with E-state index in [4.69, 9.17) is 22.2 Å². The van der Waals surface area contributed by atoms with Gasteiger partial charge in [0.25, 0.3) is 0 Å². The summed E-state index contributed by atoms with van der Waals surface area (Å²) in [5, 5.41) is 0. The fourth-order valence-corrected chi connectivity index (χ4v) is 2.05. The van der Waals surface area contributed by atoms with Crippen molar-refractivity contribution in [1.82, 2.24) is 0 Å². The Labute approximate surface area is 90.2 Å². The third-order valence-corrected chi connectivity index (χ3v) is 3.37. The molecule has 0 radical (unpaired) electrons. The smallest absolute Gasteiger partial charge is 0.150 e. The molecule has 0 aliphatic carbocycles. The van der Waals surface area contributed by atoms with E-state index < -0.39 is 7.42 Å². The Balaban J connectivity index is 2.31. The predicted molar refractivity (Wildman–Crippen MR) is 62.9 cm³/mol. The van der Waals surface area contributed by atoms with Crippen LogP contribution in [0, 0.1) is 0 Å². The third kappa shape index (κ3) is 5.14. The summed E-state index contributed by atoms with van der Waals surface area (Å²) in [4.78, 5) is 0. The molecule has 0 aromatic heterocycles. The van der Waals surface area contributed by atoms with Gasteiger partial charge < -0.3 is 0 Å². The first-order chi connectivity index (χ1) is 6.29. The van der Waals surface area contributed by atoms with Gasteiger partial charge in [-0.3, -0.25) is 0 Å². The average molecular weight is 231 g/mol. The van der Waals surface area contributed by atoms with Gasteiger partial charge in [0, 0.05) is 0 Å². The van der Waals surface area contributed by atoms with E-state index in [9.17, 15) is 0 Å². The zero-order valence-corrected chi connectivity index (χ0v) is 9.96. The molecule has 3 heteroatoms. The van der Waals surface area contributed by atoms with Crippen LogP contribution in [0.3, 0.4) is 0 Å². The highest BCUT2D eigenvalue weighted by Gasteiger charge is 1.95. The topological polar surface area (TPSA) is 0 Å². The normalized spacial score (nSPS) is 11.3. The Hall–Kier alpha value is -0.243. The van der Waals surface area contributed by atoms with Crippen molar-refractivity contribution in [2.75, 3.05) is 0 Å². The van der Waals surface area contributed by atoms with E-state index in [0.717, 1.165) is 12.5 Å². The molecule has 1 aromatic rings. The Bertz CT molecular complexity index is 257. The van der Waals surface area contributed by atoms with Gasteiger partial charge >= 0.3 is 0 Å². The molecule has 0 N–H and O–H groups in total. The third-order valence-electron chi connectivity index (χ3n) is 1.68. The average Bonchev–Trinajstić information content (AvgIpc) is 2.14. The van der Waals surface area contributed by atoms with Crippen LogP contribution in [0.5, 0.6) is 0 Å². The fraction of sp³-hybridized carbons (Fsp3) is 0.200. The highest BCUT2D eigenvalue weighted by Crippen LogP contribution is 2.05. The summed E-state index contributed by atoms with van der Waals surface area (Å²) in [6.45, 7) is 0. The number of allylic oxidation sites excluding steroid dienone is 2. The van der Waals surface area contributed by atoms with Gasteiger partial charge in [-0.05, 0) is 18.0 Å². The zero-order valence-electron chi connectivity index (χ0n) is 7.29. The number of hydrogen-bond acceptors (Lipinski definition) is 0. The first-order valence-electron chi connectivity index (χ1n) is 4.26. The van der Waals surface area contributed by atoms with Crippen LogP contribution in [0.1, 0.15) is 5.56 Å². The molecule has 0 aliphatic rings. The maximum absolute atomic E-state index is 5.71. The van der Waals surface area contributed by atoms with Crippen LogP contribution < -0.4 is 0 Å². The second kappa shape index (κ2) is 6.25. The van der Waals surface area contributed by atoms with Crippen LogP contribution in [-0.2, 0) is 6.42 Å². The molecule has 1 aromatic carbocycles. The van der Waals surface area contributed by atoms with Crippen LogP contribution in [-0.4, -0.2) is 7.42 Å². The van der Waals surface area contributed by atoms with Crippen molar-refractivity contribution in [2.24, 2.45) is 0 Å². The first-order valence-corrected chi connectivity index (χ1v) is 8.57. The highest BCUT2D eigenvalue weighted by molar-refractivity contribution is 7.33. The number of hydrogen-bond donors (Lipinski definition) is 0. The summed E-state index contributed by atoms with van der Waals surface area (Å²) in [5.74, 6) is 0. The molecule has 0 saturated carbocycles. The molecular formula is C10H12Cl2Si. The van der Waals surface area contributed by atoms with Gasteiger partial charge in [-0.1, -0.05) is 42.5 Å². The van der Waals surface area contributed by atoms with Crippen molar-refractivity contribution in [3.63, 3.8) is 0 Å². The van der Waals surface area contributed by atoms with E-state index in [-0.39, 0.29) is 0 Å². The van der Waals surface area contributed by atoms with Gasteiger partial charge in [0.05, 0.1) is 0 Å². The molecule has 0 saturated heterocycles. The van der Waals surface area contributed by atoms with Gasteiger partial charge in [0.2, 0.25) is 7.42 Å². The van der Waals surface area contributed by atoms with Crippen LogP contribution in [0.2, 0.25) is 6.04 Å². The Morgan fingerprint density at radius 3 is 2.38 bits per heavy atom. The predicted octanol–water partition coefficient (Wildman–Crippen LogP) is 3.48. The quantitative estimate of drug-likeness (QED) is 0.422. The van der Waals surface area contributed by atoms with Crippen molar-refractivity contribution in [3.8, 4) is 0 Å². The van der Waals surface area contributed by atoms with Gasteiger partial charge in [0.1, 0.15) is 0 Å². The summed E-state index contributed by atoms with van der Waals surface area (Å²) >= 11 is 11.4. The SMILES string of the molecule is Cl[SiH](Cl)CC=CCc1ccccc1. The Morgan fingerprint density at radius 2 is 1.77 bits per heavy atom. The lowest BCUT2D eigenvalue weighted by atomic mass is 10.1. The van der Waals surface area contributed by atoms with Crippen LogP contribution in [0.15, 0.2) is 42.5 Å². The second-order valence-electron chi connectivity index (χ2n) is 2.79. The van der Waals surface area contributed by atoms with E-state index in [2.05, 4.69) is 24.3 Å². The van der Waals surface area contributed by atoms with Crippen molar-refractivity contribution in [1.29, 1.82) is 0 Å². The van der Waals surface area contributed by atoms with Crippen LogP contribution in [0.4, 0.5) is 0 Å². The van der Waals surface area contributed by atoms with E-state index in [1.807, 2.05) is 18.2 Å². The van der Waals surface area contributed by atoms with Crippen molar-refractivity contribution >= 4 is 29.6 Å². The lowest BCUT2D eigenvalue weighted by molar-refractivity contribution is 1.26. The molecule has 0 amide bonds. The standard InChI is InChI=1S/C10H12Cl2Si/c11-13(12)9-5-4-8-10-6-2-1-3-7-10/h1-7,13H,8-9H2. The van der Waals surface area contributed by atoms with Crippen molar-refractivity contribution in [3.05, 3.63) is 48.0 Å². The molecule has 0 nitrogen and oxygen atoms in total. The highest BCUT2D eigenvalue weighted by atomic mass is 35.7. The minimum Gasteiger partial charge on any atom is -0.150 e. The number of halogens is 2. The molecule has 70 valence electrons. The molecular weight excluding hydrogens is 219 g/mol. The van der Waals surface area contributed by atoms with E-state index in [0.29, 0.717) is 0 Å². The van der Waals surface area contributed by atoms with Crippen molar-refractivity contribution in [2.45, 2.75) is 12.5 Å². The minimum absolute atomic E-state index is 0.857. The summed E-state index contributed by atoms with van der Waals surface area (Å²) in [6, 6.07) is 11.2. The molecule has 0 fully saturated rings. The summed E-state index contributed by atoms with van der Waals surface area (Å²) in [7, 11) is -1.44. The lowest BCUT2D eigenvalue weighted by Gasteiger charge is -1.94. The van der Waals surface area contributed by atoms with E-state index in [1.165, 1.54) is 5.56 Å². The molecule has 0 aliphatic heterocycles. The van der Waals surface area contributed by atoms with Gasteiger partial charge in [-0.25, -0.2) is 0 Å². The summed E-state index contributed by atoms with van der Waals surface area (Å²) < 4.78 is 0. The monoisotopic (exact) mass is 230 g/mol. The van der Waals surface area contributed by atoms with E-state index >= 15 is 0 Å². The second-order valence-corrected chi connectivity index (χ2v) is 7.87. The molecule has 1 rings (SSSR count). The Morgan fingerprint density at radius 1 is 1.08 bits per heavy atom. The molecule has 0 heterocycles. The van der Waals surface area contributed by atoms with Crippen LogP contribution in [0.25, 0.3) is 0 Å². The van der Waals surface area contributed by atoms with Crippen molar-refractivity contribution < 1.29 is 0 Å². The molecule has 0 spiro atoms. The first kappa shape index (κ1) is 10.8.